The zero-order chi connectivity index (χ0) is 25.8. The van der Waals surface area contributed by atoms with Crippen molar-refractivity contribution in [2.24, 2.45) is 0 Å². The van der Waals surface area contributed by atoms with Gasteiger partial charge in [0.1, 0.15) is 0 Å². The lowest BCUT2D eigenvalue weighted by Crippen LogP contribution is -2.19. The van der Waals surface area contributed by atoms with Crippen LogP contribution < -0.4 is 0 Å². The molecular formula is C29H36O6. The summed E-state index contributed by atoms with van der Waals surface area (Å²) in [6.07, 6.45) is 5.56. The van der Waals surface area contributed by atoms with E-state index in [1.54, 1.807) is 13.8 Å². The Labute approximate surface area is 207 Å². The van der Waals surface area contributed by atoms with Gasteiger partial charge < -0.3 is 19.7 Å². The largest absolute Gasteiger partial charge is 0.502 e. The number of esters is 2. The fraction of sp³-hybridized carbons (Fsp3) is 0.379. The molecule has 0 heterocycles. The smallest absolute Gasteiger partial charge is 0.373 e. The highest BCUT2D eigenvalue weighted by Gasteiger charge is 2.23. The first-order valence-corrected chi connectivity index (χ1v) is 11.9. The molecule has 0 aromatic heterocycles. The number of ether oxygens (including phenoxy) is 2. The highest BCUT2D eigenvalue weighted by Crippen LogP contribution is 2.32. The van der Waals surface area contributed by atoms with Crippen LogP contribution in [-0.4, -0.2) is 35.4 Å². The van der Waals surface area contributed by atoms with Gasteiger partial charge >= 0.3 is 11.9 Å². The molecule has 0 aliphatic heterocycles. The molecular weight excluding hydrogens is 444 g/mol. The second-order valence-corrected chi connectivity index (χ2v) is 8.85. The number of hydrogen-bond acceptors (Lipinski definition) is 6. The topological polar surface area (TPSA) is 93.1 Å². The van der Waals surface area contributed by atoms with Crippen LogP contribution in [-0.2, 0) is 37.3 Å². The molecule has 2 N–H and O–H groups in total. The zero-order valence-electron chi connectivity index (χ0n) is 21.0. The molecule has 0 aliphatic carbocycles. The molecule has 35 heavy (non-hydrogen) atoms. The number of carbonyl (C=O) groups excluding carboxylic acids is 2. The quantitative estimate of drug-likeness (QED) is 0.170. The molecule has 6 heteroatoms. The molecule has 2 rings (SSSR count). The van der Waals surface area contributed by atoms with Gasteiger partial charge in [-0.25, -0.2) is 9.59 Å². The summed E-state index contributed by atoms with van der Waals surface area (Å²) in [5.74, 6) is -2.11. The van der Waals surface area contributed by atoms with Gasteiger partial charge in [-0.2, -0.15) is 0 Å². The Morgan fingerprint density at radius 3 is 1.37 bits per heavy atom. The first-order valence-electron chi connectivity index (χ1n) is 11.9. The van der Waals surface area contributed by atoms with Crippen molar-refractivity contribution >= 4 is 11.9 Å². The van der Waals surface area contributed by atoms with Crippen LogP contribution in [0.3, 0.4) is 0 Å². The first-order chi connectivity index (χ1) is 16.7. The molecule has 2 aromatic carbocycles. The Kier molecular flexibility index (Phi) is 10.6. The molecule has 0 amide bonds. The number of allylic oxidation sites excluding steroid dienone is 2. The molecule has 0 spiro atoms. The van der Waals surface area contributed by atoms with Gasteiger partial charge in [-0.15, -0.1) is 0 Å². The van der Waals surface area contributed by atoms with Gasteiger partial charge in [0.05, 0.1) is 13.2 Å². The number of aliphatic hydroxyl groups is 2. The second-order valence-electron chi connectivity index (χ2n) is 8.85. The van der Waals surface area contributed by atoms with Crippen molar-refractivity contribution in [1.29, 1.82) is 0 Å². The molecule has 0 unspecified atom stereocenters. The minimum absolute atomic E-state index is 0.170. The van der Waals surface area contributed by atoms with Gasteiger partial charge in [0, 0.05) is 5.41 Å². The van der Waals surface area contributed by atoms with Crippen LogP contribution in [0.15, 0.2) is 72.2 Å². The van der Waals surface area contributed by atoms with Crippen LogP contribution in [0, 0.1) is 0 Å². The number of aryl methyl sites for hydroxylation is 2. The van der Waals surface area contributed by atoms with Crippen molar-refractivity contribution < 1.29 is 29.3 Å². The molecule has 188 valence electrons. The maximum absolute atomic E-state index is 11.5. The van der Waals surface area contributed by atoms with E-state index >= 15 is 0 Å². The van der Waals surface area contributed by atoms with Crippen LogP contribution in [0.25, 0.3) is 0 Å². The van der Waals surface area contributed by atoms with E-state index in [1.165, 1.54) is 23.3 Å². The van der Waals surface area contributed by atoms with Gasteiger partial charge in [-0.05, 0) is 73.9 Å². The molecule has 2 aromatic rings. The van der Waals surface area contributed by atoms with Gasteiger partial charge in [-0.1, -0.05) is 62.4 Å². The van der Waals surface area contributed by atoms with Crippen LogP contribution in [0.4, 0.5) is 0 Å². The van der Waals surface area contributed by atoms with E-state index in [-0.39, 0.29) is 30.1 Å². The fourth-order valence-corrected chi connectivity index (χ4v) is 3.61. The van der Waals surface area contributed by atoms with E-state index in [9.17, 15) is 19.8 Å². The van der Waals surface area contributed by atoms with Crippen molar-refractivity contribution in [3.05, 3.63) is 94.5 Å². The summed E-state index contributed by atoms with van der Waals surface area (Å²) in [4.78, 5) is 22.9. The lowest BCUT2D eigenvalue weighted by molar-refractivity contribution is -0.142. The molecule has 0 aliphatic rings. The fourth-order valence-electron chi connectivity index (χ4n) is 3.61. The standard InChI is InChI=1S/C29H36O6/c1-5-25(30)27(32)34-19-7-9-21-11-15-23(16-12-21)29(3,4)24-17-13-22(14-18-24)10-8-20-35-28(33)26(31)6-2/h5-6,11-18,30-31H,7-10,19-20H2,1-4H3. The lowest BCUT2D eigenvalue weighted by Gasteiger charge is -2.26. The predicted molar refractivity (Wildman–Crippen MR) is 136 cm³/mol. The van der Waals surface area contributed by atoms with Crippen LogP contribution >= 0.6 is 0 Å². The van der Waals surface area contributed by atoms with E-state index in [2.05, 4.69) is 62.4 Å². The van der Waals surface area contributed by atoms with E-state index in [1.807, 2.05) is 0 Å². The van der Waals surface area contributed by atoms with E-state index in [0.717, 1.165) is 24.0 Å². The second kappa shape index (κ2) is 13.4. The van der Waals surface area contributed by atoms with Crippen molar-refractivity contribution in [3.63, 3.8) is 0 Å². The summed E-state index contributed by atoms with van der Waals surface area (Å²) in [6, 6.07) is 16.9. The molecule has 6 nitrogen and oxygen atoms in total. The average Bonchev–Trinajstić information content (AvgIpc) is 2.88. The summed E-state index contributed by atoms with van der Waals surface area (Å²) >= 11 is 0. The third-order valence-electron chi connectivity index (χ3n) is 6.00. The Bertz CT molecular complexity index is 946. The highest BCUT2D eigenvalue weighted by atomic mass is 16.5. The van der Waals surface area contributed by atoms with Crippen molar-refractivity contribution in [1.82, 2.24) is 0 Å². The van der Waals surface area contributed by atoms with Crippen molar-refractivity contribution in [2.75, 3.05) is 13.2 Å². The summed E-state index contributed by atoms with van der Waals surface area (Å²) < 4.78 is 10.1. The maximum atomic E-state index is 11.5. The number of carbonyl (C=O) groups is 2. The molecule has 0 bridgehead atoms. The van der Waals surface area contributed by atoms with E-state index < -0.39 is 11.9 Å². The maximum Gasteiger partial charge on any atom is 0.373 e. The highest BCUT2D eigenvalue weighted by molar-refractivity contribution is 5.85. The van der Waals surface area contributed by atoms with Crippen LogP contribution in [0.2, 0.25) is 0 Å². The Hall–Kier alpha value is -3.54. The van der Waals surface area contributed by atoms with E-state index in [4.69, 9.17) is 9.47 Å². The minimum atomic E-state index is -0.691. The minimum Gasteiger partial charge on any atom is -0.502 e. The SMILES string of the molecule is CC=C(O)C(=O)OCCCc1ccc(C(C)(C)c2ccc(CCCOC(=O)C(O)=CC)cc2)cc1. The average molecular weight is 481 g/mol. The first kappa shape index (κ1) is 27.7. The van der Waals surface area contributed by atoms with Gasteiger partial charge in [0.25, 0.3) is 0 Å². The van der Waals surface area contributed by atoms with Gasteiger partial charge in [-0.3, -0.25) is 0 Å². The Balaban J connectivity index is 1.86. The van der Waals surface area contributed by atoms with Crippen LogP contribution in [0.5, 0.6) is 0 Å². The summed E-state index contributed by atoms with van der Waals surface area (Å²) in [6.45, 7) is 8.06. The number of benzene rings is 2. The molecule has 0 saturated heterocycles. The van der Waals surface area contributed by atoms with Crippen molar-refractivity contribution in [2.45, 2.75) is 58.8 Å². The monoisotopic (exact) mass is 480 g/mol. The third-order valence-corrected chi connectivity index (χ3v) is 6.00. The predicted octanol–water partition coefficient (Wildman–Crippen LogP) is 5.89. The normalized spacial score (nSPS) is 12.3. The summed E-state index contributed by atoms with van der Waals surface area (Å²) in [5.41, 5.74) is 4.56. The van der Waals surface area contributed by atoms with Crippen LogP contribution in [0.1, 0.15) is 62.8 Å². The summed E-state index contributed by atoms with van der Waals surface area (Å²) in [5, 5.41) is 18.6. The zero-order valence-corrected chi connectivity index (χ0v) is 21.0. The van der Waals surface area contributed by atoms with Crippen molar-refractivity contribution in [3.8, 4) is 0 Å². The van der Waals surface area contributed by atoms with Gasteiger partial charge in [0.15, 0.2) is 11.5 Å². The summed E-state index contributed by atoms with van der Waals surface area (Å²) in [7, 11) is 0. The van der Waals surface area contributed by atoms with Gasteiger partial charge in [0.2, 0.25) is 0 Å². The molecule has 0 atom stereocenters. The molecule has 0 saturated carbocycles. The Morgan fingerprint density at radius 1 is 0.714 bits per heavy atom. The molecule has 0 fully saturated rings. The number of aliphatic hydroxyl groups excluding tert-OH is 2. The third kappa shape index (κ3) is 8.32. The Morgan fingerprint density at radius 2 is 1.06 bits per heavy atom. The van der Waals surface area contributed by atoms with E-state index in [0.29, 0.717) is 12.8 Å². The lowest BCUT2D eigenvalue weighted by atomic mass is 9.77. The molecule has 0 radical (unpaired) electrons. The number of rotatable bonds is 12. The number of hydrogen-bond donors (Lipinski definition) is 2.